The zero-order valence-electron chi connectivity index (χ0n) is 16.6. The molecule has 0 radical (unpaired) electrons. The van der Waals surface area contributed by atoms with Crippen molar-refractivity contribution in [1.29, 1.82) is 0 Å². The molecule has 0 aliphatic rings. The van der Waals surface area contributed by atoms with Crippen LogP contribution in [0.3, 0.4) is 0 Å². The Bertz CT molecular complexity index is 1080. The summed E-state index contributed by atoms with van der Waals surface area (Å²) in [5.74, 6) is 1.13. The molecule has 3 rings (SSSR count). The largest absolute Gasteiger partial charge is 0.444 e. The number of benzene rings is 2. The summed E-state index contributed by atoms with van der Waals surface area (Å²) in [6.45, 7) is 0.852. The molecule has 8 nitrogen and oxygen atoms in total. The highest BCUT2D eigenvalue weighted by atomic mass is 127. The summed E-state index contributed by atoms with van der Waals surface area (Å²) in [4.78, 5) is 8.86. The molecule has 10 heteroatoms. The fourth-order valence-corrected chi connectivity index (χ4v) is 3.42. The molecule has 0 saturated heterocycles. The molecule has 0 atom stereocenters. The Kier molecular flexibility index (Phi) is 8.81. The van der Waals surface area contributed by atoms with Crippen LogP contribution in [0.2, 0.25) is 0 Å². The summed E-state index contributed by atoms with van der Waals surface area (Å²) in [5.41, 5.74) is 2.48. The normalized spacial score (nSPS) is 11.6. The molecule has 0 fully saturated rings. The van der Waals surface area contributed by atoms with Gasteiger partial charge in [0.1, 0.15) is 6.26 Å². The molecule has 0 aliphatic carbocycles. The molecule has 0 amide bonds. The van der Waals surface area contributed by atoms with Crippen LogP contribution in [0.5, 0.6) is 0 Å². The van der Waals surface area contributed by atoms with E-state index in [2.05, 4.69) is 25.3 Å². The fourth-order valence-electron chi connectivity index (χ4n) is 2.62. The van der Waals surface area contributed by atoms with Crippen LogP contribution in [0.1, 0.15) is 11.3 Å². The third kappa shape index (κ3) is 6.28. The highest BCUT2D eigenvalue weighted by molar-refractivity contribution is 14.0. The predicted octanol–water partition coefficient (Wildman–Crippen LogP) is 2.73. The van der Waals surface area contributed by atoms with Crippen molar-refractivity contribution in [3.05, 3.63) is 72.1 Å². The van der Waals surface area contributed by atoms with Crippen molar-refractivity contribution in [2.75, 3.05) is 14.1 Å². The second kappa shape index (κ2) is 11.1. The number of nitrogens with zero attached hydrogens (tertiary/aromatic N) is 2. The molecule has 160 valence electrons. The number of nitrogens with one attached hydrogen (secondary N) is 3. The molecule has 1 heterocycles. The van der Waals surface area contributed by atoms with Gasteiger partial charge in [-0.1, -0.05) is 30.3 Å². The minimum Gasteiger partial charge on any atom is -0.444 e. The van der Waals surface area contributed by atoms with E-state index in [1.807, 2.05) is 36.4 Å². The lowest BCUT2D eigenvalue weighted by Crippen LogP contribution is -2.36. The van der Waals surface area contributed by atoms with Gasteiger partial charge in [-0.05, 0) is 36.9 Å². The van der Waals surface area contributed by atoms with E-state index in [9.17, 15) is 8.42 Å². The third-order valence-corrected chi connectivity index (χ3v) is 5.58. The number of rotatable bonds is 7. The van der Waals surface area contributed by atoms with E-state index in [0.29, 0.717) is 24.9 Å². The molecule has 0 spiro atoms. The van der Waals surface area contributed by atoms with Gasteiger partial charge in [-0.15, -0.1) is 24.0 Å². The van der Waals surface area contributed by atoms with Crippen LogP contribution in [0.25, 0.3) is 11.5 Å². The van der Waals surface area contributed by atoms with Gasteiger partial charge >= 0.3 is 0 Å². The van der Waals surface area contributed by atoms with Gasteiger partial charge in [0.05, 0.1) is 17.1 Å². The van der Waals surface area contributed by atoms with Crippen molar-refractivity contribution < 1.29 is 12.8 Å². The number of halogens is 1. The van der Waals surface area contributed by atoms with Gasteiger partial charge in [0.15, 0.2) is 5.96 Å². The Hall–Kier alpha value is -2.44. The average Bonchev–Trinajstić information content (AvgIpc) is 3.24. The molecule has 0 aliphatic heterocycles. The SMILES string of the molecule is CN=C(NCc1cccc(S(=O)(=O)NC)c1)NCc1coc(-c2ccccc2)n1.I. The van der Waals surface area contributed by atoms with Gasteiger partial charge in [0.25, 0.3) is 0 Å². The lowest BCUT2D eigenvalue weighted by Gasteiger charge is -2.11. The Balaban J connectivity index is 0.00000320. The van der Waals surface area contributed by atoms with Gasteiger partial charge in [0, 0.05) is 19.2 Å². The molecule has 3 aromatic rings. The highest BCUT2D eigenvalue weighted by Gasteiger charge is 2.11. The summed E-state index contributed by atoms with van der Waals surface area (Å²) in [6, 6.07) is 16.4. The second-order valence-electron chi connectivity index (χ2n) is 6.14. The first-order valence-electron chi connectivity index (χ1n) is 8.98. The first-order valence-corrected chi connectivity index (χ1v) is 10.5. The zero-order valence-corrected chi connectivity index (χ0v) is 19.8. The first-order chi connectivity index (χ1) is 14.0. The smallest absolute Gasteiger partial charge is 0.240 e. The Morgan fingerprint density at radius 2 is 1.80 bits per heavy atom. The van der Waals surface area contributed by atoms with Gasteiger partial charge in [0.2, 0.25) is 15.9 Å². The average molecular weight is 541 g/mol. The first kappa shape index (κ1) is 23.8. The Labute approximate surface area is 193 Å². The number of aliphatic imine (C=N–C) groups is 1. The molecule has 2 aromatic carbocycles. The molecule has 0 unspecified atom stereocenters. The summed E-state index contributed by atoms with van der Waals surface area (Å²) in [7, 11) is -0.424. The minimum absolute atomic E-state index is 0. The van der Waals surface area contributed by atoms with Gasteiger partial charge in [-0.3, -0.25) is 4.99 Å². The molecule has 0 bridgehead atoms. The minimum atomic E-state index is -3.47. The summed E-state index contributed by atoms with van der Waals surface area (Å²) in [6.07, 6.45) is 1.61. The number of aromatic nitrogens is 1. The van der Waals surface area contributed by atoms with Crippen LogP contribution in [0, 0.1) is 0 Å². The lowest BCUT2D eigenvalue weighted by molar-refractivity contribution is 0.572. The quantitative estimate of drug-likeness (QED) is 0.241. The predicted molar refractivity (Wildman–Crippen MR) is 127 cm³/mol. The van der Waals surface area contributed by atoms with Crippen LogP contribution < -0.4 is 15.4 Å². The number of oxazole rings is 1. The number of hydrogen-bond donors (Lipinski definition) is 3. The molecule has 1 aromatic heterocycles. The monoisotopic (exact) mass is 541 g/mol. The molecular formula is C20H24IN5O3S. The van der Waals surface area contributed by atoms with Crippen molar-refractivity contribution in [1.82, 2.24) is 20.3 Å². The van der Waals surface area contributed by atoms with Gasteiger partial charge in [-0.25, -0.2) is 18.1 Å². The standard InChI is InChI=1S/C20H23N5O3S.HI/c1-21-20(23-12-15-7-6-10-18(11-15)29(26,27)22-2)24-13-17-14-28-19(25-17)16-8-4-3-5-9-16;/h3-11,14,22H,12-13H2,1-2H3,(H2,21,23,24);1H. The molecular weight excluding hydrogens is 517 g/mol. The van der Waals surface area contributed by atoms with Crippen molar-refractivity contribution in [3.63, 3.8) is 0 Å². The fraction of sp³-hybridized carbons (Fsp3) is 0.200. The van der Waals surface area contributed by atoms with E-state index >= 15 is 0 Å². The van der Waals surface area contributed by atoms with E-state index < -0.39 is 10.0 Å². The van der Waals surface area contributed by atoms with Crippen LogP contribution in [-0.4, -0.2) is 33.5 Å². The summed E-state index contributed by atoms with van der Waals surface area (Å²) < 4.78 is 31.7. The Morgan fingerprint density at radius 3 is 2.50 bits per heavy atom. The van der Waals surface area contributed by atoms with Crippen LogP contribution >= 0.6 is 24.0 Å². The van der Waals surface area contributed by atoms with Crippen molar-refractivity contribution >= 4 is 40.0 Å². The van der Waals surface area contributed by atoms with E-state index in [1.165, 1.54) is 7.05 Å². The number of guanidine groups is 1. The van der Waals surface area contributed by atoms with E-state index in [1.54, 1.807) is 31.5 Å². The maximum absolute atomic E-state index is 11.9. The van der Waals surface area contributed by atoms with E-state index in [0.717, 1.165) is 16.8 Å². The molecule has 0 saturated carbocycles. The van der Waals surface area contributed by atoms with Crippen LogP contribution in [0.4, 0.5) is 0 Å². The van der Waals surface area contributed by atoms with E-state index in [4.69, 9.17) is 4.42 Å². The lowest BCUT2D eigenvalue weighted by atomic mass is 10.2. The number of hydrogen-bond acceptors (Lipinski definition) is 5. The highest BCUT2D eigenvalue weighted by Crippen LogP contribution is 2.17. The molecule has 30 heavy (non-hydrogen) atoms. The third-order valence-electron chi connectivity index (χ3n) is 4.17. The maximum Gasteiger partial charge on any atom is 0.240 e. The van der Waals surface area contributed by atoms with Crippen molar-refractivity contribution in [3.8, 4) is 11.5 Å². The maximum atomic E-state index is 11.9. The van der Waals surface area contributed by atoms with E-state index in [-0.39, 0.29) is 28.9 Å². The summed E-state index contributed by atoms with van der Waals surface area (Å²) in [5, 5.41) is 6.32. The topological polar surface area (TPSA) is 109 Å². The van der Waals surface area contributed by atoms with Crippen molar-refractivity contribution in [2.24, 2.45) is 4.99 Å². The van der Waals surface area contributed by atoms with Crippen LogP contribution in [0.15, 0.2) is 75.2 Å². The summed E-state index contributed by atoms with van der Waals surface area (Å²) >= 11 is 0. The van der Waals surface area contributed by atoms with Crippen molar-refractivity contribution in [2.45, 2.75) is 18.0 Å². The second-order valence-corrected chi connectivity index (χ2v) is 8.03. The van der Waals surface area contributed by atoms with Crippen LogP contribution in [-0.2, 0) is 23.1 Å². The van der Waals surface area contributed by atoms with Gasteiger partial charge in [-0.2, -0.15) is 0 Å². The van der Waals surface area contributed by atoms with Gasteiger partial charge < -0.3 is 15.1 Å². The Morgan fingerprint density at radius 1 is 1.07 bits per heavy atom. The zero-order chi connectivity index (χ0) is 20.7. The molecule has 3 N–H and O–H groups in total. The number of sulfonamides is 1.